The number of hydrogen-bond acceptors (Lipinski definition) is 3. The third-order valence-electron chi connectivity index (χ3n) is 2.49. The summed E-state index contributed by atoms with van der Waals surface area (Å²) < 4.78 is 16.0. The Kier molecular flexibility index (Phi) is 7.93. The smallest absolute Gasteiger partial charge is 0.118 e. The molecule has 18 heavy (non-hydrogen) atoms. The van der Waals surface area contributed by atoms with Crippen LogP contribution in [0, 0.1) is 0 Å². The Morgan fingerprint density at radius 2 is 1.72 bits per heavy atom. The van der Waals surface area contributed by atoms with E-state index in [2.05, 4.69) is 6.58 Å². The van der Waals surface area contributed by atoms with Gasteiger partial charge >= 0.3 is 0 Å². The number of benzene rings is 1. The van der Waals surface area contributed by atoms with Gasteiger partial charge in [0.15, 0.2) is 0 Å². The number of unbranched alkanes of at least 4 members (excludes halogenated alkanes) is 1. The molecule has 0 aliphatic rings. The summed E-state index contributed by atoms with van der Waals surface area (Å²) in [7, 11) is 1.67. The Bertz CT molecular complexity index is 319. The van der Waals surface area contributed by atoms with Crippen molar-refractivity contribution in [2.24, 2.45) is 0 Å². The summed E-state index contributed by atoms with van der Waals surface area (Å²) in [6, 6.07) is 7.93. The van der Waals surface area contributed by atoms with E-state index in [1.807, 2.05) is 24.3 Å². The van der Waals surface area contributed by atoms with Crippen LogP contribution in [0.1, 0.15) is 18.4 Å². The minimum atomic E-state index is 0.632. The van der Waals surface area contributed by atoms with Crippen LogP contribution in [-0.2, 0) is 16.1 Å². The second-order valence-corrected chi connectivity index (χ2v) is 3.97. The highest BCUT2D eigenvalue weighted by molar-refractivity contribution is 5.26. The molecule has 0 unspecified atom stereocenters. The molecule has 0 aromatic heterocycles. The predicted molar refractivity (Wildman–Crippen MR) is 72.9 cm³/mol. The Labute approximate surface area is 109 Å². The molecule has 3 heteroatoms. The van der Waals surface area contributed by atoms with Crippen LogP contribution < -0.4 is 4.74 Å². The normalized spacial score (nSPS) is 10.3. The zero-order chi connectivity index (χ0) is 13.1. The molecule has 0 radical (unpaired) electrons. The van der Waals surface area contributed by atoms with Gasteiger partial charge in [-0.25, -0.2) is 0 Å². The number of methoxy groups -OCH3 is 1. The summed E-state index contributed by atoms with van der Waals surface area (Å²) in [5, 5.41) is 0. The van der Waals surface area contributed by atoms with Crippen molar-refractivity contribution in [3.63, 3.8) is 0 Å². The van der Waals surface area contributed by atoms with Crippen LogP contribution in [0.2, 0.25) is 0 Å². The molecule has 0 heterocycles. The lowest BCUT2D eigenvalue weighted by Gasteiger charge is -2.05. The summed E-state index contributed by atoms with van der Waals surface area (Å²) >= 11 is 0. The van der Waals surface area contributed by atoms with E-state index in [0.717, 1.165) is 31.8 Å². The zero-order valence-electron chi connectivity index (χ0n) is 11.1. The molecule has 3 nitrogen and oxygen atoms in total. The van der Waals surface area contributed by atoms with E-state index in [9.17, 15) is 0 Å². The second-order valence-electron chi connectivity index (χ2n) is 3.97. The van der Waals surface area contributed by atoms with Gasteiger partial charge in [0.25, 0.3) is 0 Å². The van der Waals surface area contributed by atoms with E-state index in [-0.39, 0.29) is 0 Å². The van der Waals surface area contributed by atoms with Crippen LogP contribution in [0.25, 0.3) is 0 Å². The van der Waals surface area contributed by atoms with Gasteiger partial charge in [-0.1, -0.05) is 18.2 Å². The van der Waals surface area contributed by atoms with Gasteiger partial charge in [0.2, 0.25) is 0 Å². The van der Waals surface area contributed by atoms with Gasteiger partial charge in [-0.3, -0.25) is 0 Å². The lowest BCUT2D eigenvalue weighted by atomic mass is 10.2. The van der Waals surface area contributed by atoms with Gasteiger partial charge in [-0.15, -0.1) is 6.58 Å². The minimum Gasteiger partial charge on any atom is -0.497 e. The van der Waals surface area contributed by atoms with Gasteiger partial charge in [-0.05, 0) is 30.5 Å². The highest BCUT2D eigenvalue weighted by Crippen LogP contribution is 2.11. The van der Waals surface area contributed by atoms with Crippen molar-refractivity contribution in [3.05, 3.63) is 42.5 Å². The van der Waals surface area contributed by atoms with Gasteiger partial charge in [0.05, 0.1) is 20.3 Å². The standard InChI is InChI=1S/C15H22O3/c1-3-10-17-11-4-5-12-18-13-14-6-8-15(16-2)9-7-14/h3,6-9H,1,4-5,10-13H2,2H3. The van der Waals surface area contributed by atoms with Gasteiger partial charge < -0.3 is 14.2 Å². The number of hydrogen-bond donors (Lipinski definition) is 0. The first-order valence-electron chi connectivity index (χ1n) is 6.26. The van der Waals surface area contributed by atoms with Crippen molar-refractivity contribution < 1.29 is 14.2 Å². The van der Waals surface area contributed by atoms with Crippen molar-refractivity contribution in [2.75, 3.05) is 26.9 Å². The Balaban J connectivity index is 2.01. The lowest BCUT2D eigenvalue weighted by Crippen LogP contribution is -1.99. The van der Waals surface area contributed by atoms with E-state index in [1.54, 1.807) is 13.2 Å². The summed E-state index contributed by atoms with van der Waals surface area (Å²) in [5.41, 5.74) is 1.17. The highest BCUT2D eigenvalue weighted by Gasteiger charge is 1.95. The molecule has 0 fully saturated rings. The minimum absolute atomic E-state index is 0.632. The molecular formula is C15H22O3. The maximum absolute atomic E-state index is 5.58. The third-order valence-corrected chi connectivity index (χ3v) is 2.49. The Morgan fingerprint density at radius 1 is 1.06 bits per heavy atom. The first kappa shape index (κ1) is 14.7. The van der Waals surface area contributed by atoms with Crippen molar-refractivity contribution in [1.29, 1.82) is 0 Å². The molecule has 0 amide bonds. The molecule has 0 atom stereocenters. The van der Waals surface area contributed by atoms with Gasteiger partial charge in [-0.2, -0.15) is 0 Å². The highest BCUT2D eigenvalue weighted by atomic mass is 16.5. The Hall–Kier alpha value is -1.32. The van der Waals surface area contributed by atoms with E-state index in [4.69, 9.17) is 14.2 Å². The molecule has 0 spiro atoms. The first-order chi connectivity index (χ1) is 8.86. The van der Waals surface area contributed by atoms with Gasteiger partial charge in [0, 0.05) is 13.2 Å². The van der Waals surface area contributed by atoms with Crippen molar-refractivity contribution >= 4 is 0 Å². The lowest BCUT2D eigenvalue weighted by molar-refractivity contribution is 0.103. The van der Waals surface area contributed by atoms with Crippen molar-refractivity contribution in [2.45, 2.75) is 19.4 Å². The molecular weight excluding hydrogens is 228 g/mol. The average Bonchev–Trinajstić information content (AvgIpc) is 2.42. The fourth-order valence-corrected chi connectivity index (χ4v) is 1.49. The average molecular weight is 250 g/mol. The molecule has 0 saturated carbocycles. The molecule has 1 aromatic carbocycles. The van der Waals surface area contributed by atoms with E-state index >= 15 is 0 Å². The topological polar surface area (TPSA) is 27.7 Å². The van der Waals surface area contributed by atoms with Crippen LogP contribution in [-0.4, -0.2) is 26.9 Å². The fourth-order valence-electron chi connectivity index (χ4n) is 1.49. The quantitative estimate of drug-likeness (QED) is 0.471. The van der Waals surface area contributed by atoms with Crippen LogP contribution >= 0.6 is 0 Å². The molecule has 100 valence electrons. The molecule has 1 rings (SSSR count). The third kappa shape index (κ3) is 6.42. The Morgan fingerprint density at radius 3 is 2.33 bits per heavy atom. The molecule has 0 bridgehead atoms. The van der Waals surface area contributed by atoms with Gasteiger partial charge in [0.1, 0.15) is 5.75 Å². The molecule has 0 N–H and O–H groups in total. The number of ether oxygens (including phenoxy) is 3. The molecule has 0 aliphatic heterocycles. The van der Waals surface area contributed by atoms with Crippen molar-refractivity contribution in [3.8, 4) is 5.75 Å². The largest absolute Gasteiger partial charge is 0.497 e. The summed E-state index contributed by atoms with van der Waals surface area (Å²) in [6.45, 7) is 6.42. The second kappa shape index (κ2) is 9.68. The molecule has 0 saturated heterocycles. The van der Waals surface area contributed by atoms with Crippen LogP contribution in [0.4, 0.5) is 0 Å². The summed E-state index contributed by atoms with van der Waals surface area (Å²) in [6.07, 6.45) is 3.81. The van der Waals surface area contributed by atoms with Crippen LogP contribution in [0.5, 0.6) is 5.75 Å². The zero-order valence-corrected chi connectivity index (χ0v) is 11.1. The monoisotopic (exact) mass is 250 g/mol. The van der Waals surface area contributed by atoms with E-state index in [0.29, 0.717) is 13.2 Å². The first-order valence-corrected chi connectivity index (χ1v) is 6.26. The fraction of sp³-hybridized carbons (Fsp3) is 0.467. The van der Waals surface area contributed by atoms with Crippen LogP contribution in [0.15, 0.2) is 36.9 Å². The summed E-state index contributed by atoms with van der Waals surface area (Å²) in [4.78, 5) is 0. The summed E-state index contributed by atoms with van der Waals surface area (Å²) in [5.74, 6) is 0.873. The SMILES string of the molecule is C=CCOCCCCOCc1ccc(OC)cc1. The maximum Gasteiger partial charge on any atom is 0.118 e. The molecule has 0 aliphatic carbocycles. The number of rotatable bonds is 10. The predicted octanol–water partition coefficient (Wildman–Crippen LogP) is 3.19. The van der Waals surface area contributed by atoms with Crippen LogP contribution in [0.3, 0.4) is 0 Å². The van der Waals surface area contributed by atoms with E-state index in [1.165, 1.54) is 5.56 Å². The van der Waals surface area contributed by atoms with Crippen molar-refractivity contribution in [1.82, 2.24) is 0 Å². The van der Waals surface area contributed by atoms with E-state index < -0.39 is 0 Å². The maximum atomic E-state index is 5.58. The molecule has 1 aromatic rings.